The Bertz CT molecular complexity index is 548. The number of rotatable bonds is 5. The molecule has 1 N–H and O–H groups in total. The summed E-state index contributed by atoms with van der Waals surface area (Å²) in [5, 5.41) is 9.51. The predicted molar refractivity (Wildman–Crippen MR) is 85.0 cm³/mol. The van der Waals surface area contributed by atoms with E-state index in [0.717, 1.165) is 60.9 Å². The van der Waals surface area contributed by atoms with Crippen LogP contribution in [0.3, 0.4) is 0 Å². The molecule has 0 atom stereocenters. The molecule has 2 aromatic heterocycles. The number of hydrogen-bond donors (Lipinski definition) is 1. The number of hydrogen-bond acceptors (Lipinski definition) is 7. The van der Waals surface area contributed by atoms with Crippen LogP contribution in [-0.2, 0) is 4.74 Å². The molecule has 0 unspecified atom stereocenters. The topological polar surface area (TPSA) is 50.3 Å². The molecular weight excluding hydrogens is 292 g/mol. The van der Waals surface area contributed by atoms with E-state index in [4.69, 9.17) is 9.72 Å². The maximum absolute atomic E-state index is 5.37. The van der Waals surface area contributed by atoms with Gasteiger partial charge in [-0.2, -0.15) is 0 Å². The Morgan fingerprint density at radius 1 is 1.20 bits per heavy atom. The largest absolute Gasteiger partial charge is 0.378 e. The Morgan fingerprint density at radius 3 is 2.75 bits per heavy atom. The molecule has 2 aromatic rings. The van der Waals surface area contributed by atoms with Crippen molar-refractivity contribution < 1.29 is 4.74 Å². The standard InChI is InChI=1S/C13H18N4OS2/c1-2-3-14-12-15-10(8-19-12)11-9-20-13(16-11)17-4-6-18-7-5-17/h8-9H,2-7H2,1H3,(H,14,15). The van der Waals surface area contributed by atoms with Gasteiger partial charge in [0.1, 0.15) is 11.4 Å². The Balaban J connectivity index is 1.70. The average Bonchev–Trinajstić information content (AvgIpc) is 3.15. The zero-order valence-corrected chi connectivity index (χ0v) is 13.1. The van der Waals surface area contributed by atoms with E-state index in [1.165, 1.54) is 0 Å². The highest BCUT2D eigenvalue weighted by atomic mass is 32.1. The summed E-state index contributed by atoms with van der Waals surface area (Å²) >= 11 is 3.32. The molecule has 0 aliphatic carbocycles. The van der Waals surface area contributed by atoms with Crippen LogP contribution in [0.5, 0.6) is 0 Å². The van der Waals surface area contributed by atoms with Gasteiger partial charge in [-0.05, 0) is 6.42 Å². The SMILES string of the molecule is CCCNc1nc(-c2csc(N3CCOCC3)n2)cs1. The lowest BCUT2D eigenvalue weighted by Gasteiger charge is -2.25. The molecule has 1 saturated heterocycles. The fourth-order valence-electron chi connectivity index (χ4n) is 1.99. The zero-order valence-electron chi connectivity index (χ0n) is 11.5. The van der Waals surface area contributed by atoms with Crippen molar-refractivity contribution in [3.63, 3.8) is 0 Å². The third-order valence-electron chi connectivity index (χ3n) is 3.07. The van der Waals surface area contributed by atoms with Crippen LogP contribution in [-0.4, -0.2) is 42.8 Å². The van der Waals surface area contributed by atoms with Crippen molar-refractivity contribution in [2.24, 2.45) is 0 Å². The van der Waals surface area contributed by atoms with Gasteiger partial charge in [-0.25, -0.2) is 9.97 Å². The van der Waals surface area contributed by atoms with Gasteiger partial charge in [-0.1, -0.05) is 6.92 Å². The summed E-state index contributed by atoms with van der Waals surface area (Å²) in [6, 6.07) is 0. The summed E-state index contributed by atoms with van der Waals surface area (Å²) in [5.41, 5.74) is 1.93. The first-order valence-electron chi connectivity index (χ1n) is 6.85. The summed E-state index contributed by atoms with van der Waals surface area (Å²) in [6.07, 6.45) is 1.10. The minimum Gasteiger partial charge on any atom is -0.378 e. The number of aromatic nitrogens is 2. The third kappa shape index (κ3) is 3.11. The molecule has 0 saturated carbocycles. The van der Waals surface area contributed by atoms with Crippen molar-refractivity contribution in [1.82, 2.24) is 9.97 Å². The molecule has 3 rings (SSSR count). The molecule has 5 nitrogen and oxygen atoms in total. The maximum Gasteiger partial charge on any atom is 0.186 e. The van der Waals surface area contributed by atoms with Crippen LogP contribution < -0.4 is 10.2 Å². The fourth-order valence-corrected chi connectivity index (χ4v) is 3.59. The average molecular weight is 310 g/mol. The van der Waals surface area contributed by atoms with Gasteiger partial charge in [0.15, 0.2) is 10.3 Å². The molecule has 0 aromatic carbocycles. The Labute approximate surface area is 126 Å². The van der Waals surface area contributed by atoms with Gasteiger partial charge in [0.2, 0.25) is 0 Å². The van der Waals surface area contributed by atoms with E-state index in [0.29, 0.717) is 0 Å². The summed E-state index contributed by atoms with van der Waals surface area (Å²) in [4.78, 5) is 11.6. The number of anilines is 2. The van der Waals surface area contributed by atoms with E-state index >= 15 is 0 Å². The monoisotopic (exact) mass is 310 g/mol. The summed E-state index contributed by atoms with van der Waals surface area (Å²) in [5.74, 6) is 0. The number of nitrogens with zero attached hydrogens (tertiary/aromatic N) is 3. The second kappa shape index (κ2) is 6.51. The Hall–Kier alpha value is -1.18. The van der Waals surface area contributed by atoms with E-state index in [9.17, 15) is 0 Å². The molecule has 1 aliphatic heterocycles. The number of thiazole rings is 2. The minimum atomic E-state index is 0.788. The minimum absolute atomic E-state index is 0.788. The first kappa shape index (κ1) is 13.8. The number of ether oxygens (including phenoxy) is 1. The lowest BCUT2D eigenvalue weighted by Crippen LogP contribution is -2.36. The van der Waals surface area contributed by atoms with E-state index in [2.05, 4.69) is 32.9 Å². The van der Waals surface area contributed by atoms with Crippen molar-refractivity contribution in [3.05, 3.63) is 10.8 Å². The van der Waals surface area contributed by atoms with E-state index < -0.39 is 0 Å². The van der Waals surface area contributed by atoms with Crippen LogP contribution in [0.15, 0.2) is 10.8 Å². The van der Waals surface area contributed by atoms with Gasteiger partial charge in [0.25, 0.3) is 0 Å². The highest BCUT2D eigenvalue weighted by Gasteiger charge is 2.16. The molecule has 0 radical (unpaired) electrons. The third-order valence-corrected chi connectivity index (χ3v) is 4.77. The molecule has 7 heteroatoms. The maximum atomic E-state index is 5.37. The van der Waals surface area contributed by atoms with Crippen LogP contribution >= 0.6 is 22.7 Å². The molecule has 1 aliphatic rings. The molecule has 0 bridgehead atoms. The van der Waals surface area contributed by atoms with Gasteiger partial charge < -0.3 is 15.0 Å². The van der Waals surface area contributed by atoms with Gasteiger partial charge in [-0.15, -0.1) is 22.7 Å². The van der Waals surface area contributed by atoms with Crippen molar-refractivity contribution in [3.8, 4) is 11.4 Å². The molecule has 1 fully saturated rings. The zero-order chi connectivity index (χ0) is 13.8. The molecule has 0 spiro atoms. The molecule has 108 valence electrons. The van der Waals surface area contributed by atoms with Gasteiger partial charge in [-0.3, -0.25) is 0 Å². The van der Waals surface area contributed by atoms with E-state index in [-0.39, 0.29) is 0 Å². The van der Waals surface area contributed by atoms with Crippen LogP contribution in [0.4, 0.5) is 10.3 Å². The van der Waals surface area contributed by atoms with Crippen LogP contribution in [0.25, 0.3) is 11.4 Å². The molecule has 3 heterocycles. The first-order chi connectivity index (χ1) is 9.86. The number of morpholine rings is 1. The lowest BCUT2D eigenvalue weighted by atomic mass is 10.4. The summed E-state index contributed by atoms with van der Waals surface area (Å²) in [7, 11) is 0. The van der Waals surface area contributed by atoms with Crippen LogP contribution in [0.1, 0.15) is 13.3 Å². The quantitative estimate of drug-likeness (QED) is 0.920. The van der Waals surface area contributed by atoms with Crippen molar-refractivity contribution in [2.75, 3.05) is 43.1 Å². The predicted octanol–water partition coefficient (Wildman–Crippen LogP) is 2.93. The Morgan fingerprint density at radius 2 is 1.95 bits per heavy atom. The van der Waals surface area contributed by atoms with Crippen LogP contribution in [0.2, 0.25) is 0 Å². The number of nitrogens with one attached hydrogen (secondary N) is 1. The van der Waals surface area contributed by atoms with Crippen molar-refractivity contribution >= 4 is 32.9 Å². The smallest absolute Gasteiger partial charge is 0.186 e. The van der Waals surface area contributed by atoms with Crippen molar-refractivity contribution in [1.29, 1.82) is 0 Å². The summed E-state index contributed by atoms with van der Waals surface area (Å²) < 4.78 is 5.37. The molecule has 20 heavy (non-hydrogen) atoms. The highest BCUT2D eigenvalue weighted by Crippen LogP contribution is 2.30. The van der Waals surface area contributed by atoms with Gasteiger partial charge in [0.05, 0.1) is 13.2 Å². The Kier molecular flexibility index (Phi) is 4.49. The fraction of sp³-hybridized carbons (Fsp3) is 0.538. The second-order valence-electron chi connectivity index (χ2n) is 4.58. The van der Waals surface area contributed by atoms with E-state index in [1.807, 2.05) is 0 Å². The van der Waals surface area contributed by atoms with Gasteiger partial charge in [0, 0.05) is 30.4 Å². The molecule has 0 amide bonds. The second-order valence-corrected chi connectivity index (χ2v) is 6.27. The van der Waals surface area contributed by atoms with Crippen molar-refractivity contribution in [2.45, 2.75) is 13.3 Å². The normalized spacial score (nSPS) is 15.6. The van der Waals surface area contributed by atoms with Crippen LogP contribution in [0, 0.1) is 0 Å². The molecular formula is C13H18N4OS2. The van der Waals surface area contributed by atoms with Gasteiger partial charge >= 0.3 is 0 Å². The summed E-state index contributed by atoms with van der Waals surface area (Å²) in [6.45, 7) is 6.54. The van der Waals surface area contributed by atoms with E-state index in [1.54, 1.807) is 22.7 Å². The lowest BCUT2D eigenvalue weighted by molar-refractivity contribution is 0.122. The first-order valence-corrected chi connectivity index (χ1v) is 8.60. The highest BCUT2D eigenvalue weighted by molar-refractivity contribution is 7.14.